The molecule has 4 heteroatoms. The summed E-state index contributed by atoms with van der Waals surface area (Å²) in [6, 6.07) is 25.2. The Labute approximate surface area is 166 Å². The highest BCUT2D eigenvalue weighted by atomic mass is 35.5. The molecule has 140 valence electrons. The first-order valence-corrected chi connectivity index (χ1v) is 9.01. The maximum absolute atomic E-state index is 6.11. The van der Waals surface area contributed by atoms with Crippen LogP contribution in [0.25, 0.3) is 0 Å². The Bertz CT molecular complexity index is 868. The van der Waals surface area contributed by atoms with E-state index in [4.69, 9.17) is 9.47 Å². The second kappa shape index (κ2) is 8.94. The zero-order valence-corrected chi connectivity index (χ0v) is 16.2. The Hall–Kier alpha value is -2.49. The Morgan fingerprint density at radius 3 is 2.33 bits per heavy atom. The van der Waals surface area contributed by atoms with Crippen molar-refractivity contribution in [3.8, 4) is 11.5 Å². The van der Waals surface area contributed by atoms with Crippen LogP contribution < -0.4 is 14.8 Å². The summed E-state index contributed by atoms with van der Waals surface area (Å²) in [6.45, 7) is 1.49. The molecule has 4 rings (SSSR count). The molecule has 0 aliphatic carbocycles. The summed E-state index contributed by atoms with van der Waals surface area (Å²) < 4.78 is 11.7. The van der Waals surface area contributed by atoms with E-state index in [9.17, 15) is 0 Å². The number of benzene rings is 3. The van der Waals surface area contributed by atoms with Crippen molar-refractivity contribution in [3.05, 3.63) is 95.1 Å². The minimum Gasteiger partial charge on any atom is -0.493 e. The van der Waals surface area contributed by atoms with Gasteiger partial charge in [-0.1, -0.05) is 60.7 Å². The summed E-state index contributed by atoms with van der Waals surface area (Å²) in [4.78, 5) is 0. The number of ether oxygens (including phenoxy) is 2. The van der Waals surface area contributed by atoms with E-state index >= 15 is 0 Å². The summed E-state index contributed by atoms with van der Waals surface area (Å²) in [6.07, 6.45) is 0.994. The van der Waals surface area contributed by atoms with Crippen molar-refractivity contribution in [2.45, 2.75) is 19.1 Å². The molecule has 3 aromatic carbocycles. The maximum atomic E-state index is 6.11. The van der Waals surface area contributed by atoms with Crippen LogP contribution >= 0.6 is 12.4 Å². The molecule has 0 saturated carbocycles. The van der Waals surface area contributed by atoms with Crippen LogP contribution in [0.1, 0.15) is 28.3 Å². The standard InChI is InChI=1S/C23H23NO2.ClH/c1-25-21-14-19-12-13-24-23(18-10-6-3-7-11-18)20(19)15-22(21)26-16-17-8-4-2-5-9-17;/h2-11,14-15,23-24H,12-13,16H2,1H3;1H. The first kappa shape index (κ1) is 19.3. The van der Waals surface area contributed by atoms with E-state index < -0.39 is 0 Å². The average molecular weight is 382 g/mol. The number of hydrogen-bond acceptors (Lipinski definition) is 3. The van der Waals surface area contributed by atoms with Crippen LogP contribution in [0.2, 0.25) is 0 Å². The van der Waals surface area contributed by atoms with E-state index in [1.165, 1.54) is 16.7 Å². The van der Waals surface area contributed by atoms with Gasteiger partial charge in [0.1, 0.15) is 6.61 Å². The average Bonchev–Trinajstić information content (AvgIpc) is 2.72. The van der Waals surface area contributed by atoms with E-state index in [-0.39, 0.29) is 18.4 Å². The minimum atomic E-state index is 0. The molecule has 27 heavy (non-hydrogen) atoms. The lowest BCUT2D eigenvalue weighted by molar-refractivity contribution is 0.283. The zero-order chi connectivity index (χ0) is 17.8. The molecule has 0 bridgehead atoms. The SMILES string of the molecule is COc1cc2c(cc1OCc1ccccc1)C(c1ccccc1)NCC2.Cl. The third kappa shape index (κ3) is 4.26. The normalized spacial score (nSPS) is 15.4. The second-order valence-corrected chi connectivity index (χ2v) is 6.52. The predicted molar refractivity (Wildman–Crippen MR) is 111 cm³/mol. The molecule has 1 atom stereocenters. The highest BCUT2D eigenvalue weighted by molar-refractivity contribution is 5.85. The molecule has 1 unspecified atom stereocenters. The predicted octanol–water partition coefficient (Wildman–Crippen LogP) is 4.93. The van der Waals surface area contributed by atoms with Gasteiger partial charge in [0.25, 0.3) is 0 Å². The Balaban J connectivity index is 0.00000210. The third-order valence-electron chi connectivity index (χ3n) is 4.85. The van der Waals surface area contributed by atoms with Gasteiger partial charge in [0.2, 0.25) is 0 Å². The van der Waals surface area contributed by atoms with E-state index in [1.807, 2.05) is 18.2 Å². The van der Waals surface area contributed by atoms with Gasteiger partial charge in [-0.2, -0.15) is 0 Å². The number of fused-ring (bicyclic) bond motifs is 1. The van der Waals surface area contributed by atoms with Crippen molar-refractivity contribution < 1.29 is 9.47 Å². The molecule has 1 aliphatic rings. The van der Waals surface area contributed by atoms with Crippen LogP contribution in [-0.2, 0) is 13.0 Å². The van der Waals surface area contributed by atoms with E-state index in [0.717, 1.165) is 30.0 Å². The Morgan fingerprint density at radius 1 is 0.926 bits per heavy atom. The van der Waals surface area contributed by atoms with Crippen molar-refractivity contribution in [3.63, 3.8) is 0 Å². The fourth-order valence-corrected chi connectivity index (χ4v) is 3.51. The molecule has 0 fully saturated rings. The lowest BCUT2D eigenvalue weighted by atomic mass is 9.89. The van der Waals surface area contributed by atoms with Gasteiger partial charge in [-0.3, -0.25) is 0 Å². The summed E-state index contributed by atoms with van der Waals surface area (Å²) in [5.74, 6) is 1.59. The van der Waals surface area contributed by atoms with Gasteiger partial charge in [0.05, 0.1) is 13.2 Å². The highest BCUT2D eigenvalue weighted by Gasteiger charge is 2.23. The number of hydrogen-bond donors (Lipinski definition) is 1. The number of nitrogens with one attached hydrogen (secondary N) is 1. The monoisotopic (exact) mass is 381 g/mol. The van der Waals surface area contributed by atoms with Crippen molar-refractivity contribution in [1.29, 1.82) is 0 Å². The molecule has 0 spiro atoms. The summed E-state index contributed by atoms with van der Waals surface area (Å²) in [7, 11) is 1.70. The van der Waals surface area contributed by atoms with Crippen LogP contribution in [-0.4, -0.2) is 13.7 Å². The van der Waals surface area contributed by atoms with Crippen LogP contribution in [0.5, 0.6) is 11.5 Å². The van der Waals surface area contributed by atoms with Gasteiger partial charge in [0, 0.05) is 6.54 Å². The Morgan fingerprint density at radius 2 is 1.63 bits per heavy atom. The molecule has 3 aromatic rings. The van der Waals surface area contributed by atoms with Crippen molar-refractivity contribution in [1.82, 2.24) is 5.32 Å². The van der Waals surface area contributed by atoms with Gasteiger partial charge >= 0.3 is 0 Å². The molecule has 0 saturated heterocycles. The first-order chi connectivity index (χ1) is 12.8. The molecule has 0 aromatic heterocycles. The van der Waals surface area contributed by atoms with E-state index in [0.29, 0.717) is 6.61 Å². The smallest absolute Gasteiger partial charge is 0.162 e. The summed E-state index contributed by atoms with van der Waals surface area (Å²) >= 11 is 0. The molecule has 1 aliphatic heterocycles. The highest BCUT2D eigenvalue weighted by Crippen LogP contribution is 2.37. The van der Waals surface area contributed by atoms with Crippen molar-refractivity contribution in [2.75, 3.05) is 13.7 Å². The fourth-order valence-electron chi connectivity index (χ4n) is 3.51. The molecule has 3 nitrogen and oxygen atoms in total. The quantitative estimate of drug-likeness (QED) is 0.679. The van der Waals surface area contributed by atoms with Crippen LogP contribution in [0.3, 0.4) is 0 Å². The molecule has 1 heterocycles. The maximum Gasteiger partial charge on any atom is 0.162 e. The third-order valence-corrected chi connectivity index (χ3v) is 4.85. The lowest BCUT2D eigenvalue weighted by Gasteiger charge is -2.28. The minimum absolute atomic E-state index is 0. The molecular formula is C23H24ClNO2. The second-order valence-electron chi connectivity index (χ2n) is 6.52. The molecule has 0 radical (unpaired) electrons. The summed E-state index contributed by atoms with van der Waals surface area (Å²) in [5.41, 5.74) is 5.01. The van der Waals surface area contributed by atoms with Crippen LogP contribution in [0.15, 0.2) is 72.8 Å². The fraction of sp³-hybridized carbons (Fsp3) is 0.217. The van der Waals surface area contributed by atoms with Gasteiger partial charge in [0.15, 0.2) is 11.5 Å². The van der Waals surface area contributed by atoms with Gasteiger partial charge in [-0.25, -0.2) is 0 Å². The van der Waals surface area contributed by atoms with E-state index in [2.05, 4.69) is 59.9 Å². The van der Waals surface area contributed by atoms with Gasteiger partial charge in [-0.05, 0) is 40.8 Å². The van der Waals surface area contributed by atoms with Gasteiger partial charge < -0.3 is 14.8 Å². The van der Waals surface area contributed by atoms with Gasteiger partial charge in [-0.15, -0.1) is 12.4 Å². The van der Waals surface area contributed by atoms with Crippen LogP contribution in [0, 0.1) is 0 Å². The topological polar surface area (TPSA) is 30.5 Å². The van der Waals surface area contributed by atoms with E-state index in [1.54, 1.807) is 7.11 Å². The first-order valence-electron chi connectivity index (χ1n) is 9.01. The Kier molecular flexibility index (Phi) is 6.38. The zero-order valence-electron chi connectivity index (χ0n) is 15.4. The lowest BCUT2D eigenvalue weighted by Crippen LogP contribution is -2.30. The molecular weight excluding hydrogens is 358 g/mol. The molecule has 1 N–H and O–H groups in total. The molecule has 0 amide bonds. The number of halogens is 1. The number of rotatable bonds is 5. The van der Waals surface area contributed by atoms with Crippen LogP contribution in [0.4, 0.5) is 0 Å². The largest absolute Gasteiger partial charge is 0.493 e. The van der Waals surface area contributed by atoms with Crippen molar-refractivity contribution in [2.24, 2.45) is 0 Å². The van der Waals surface area contributed by atoms with Crippen molar-refractivity contribution >= 4 is 12.4 Å². The summed E-state index contributed by atoms with van der Waals surface area (Å²) in [5, 5.41) is 3.63. The number of methoxy groups -OCH3 is 1.